The molecule has 0 saturated heterocycles. The fraction of sp³-hybridized carbons (Fsp3) is 0.0192. The summed E-state index contributed by atoms with van der Waals surface area (Å²) >= 11 is 0. The molecule has 8 aromatic carbocycles. The van der Waals surface area contributed by atoms with Gasteiger partial charge in [0, 0.05) is 49.5 Å². The predicted octanol–water partition coefficient (Wildman–Crippen LogP) is 13.5. The molecule has 0 unspecified atom stereocenters. The third-order valence-corrected chi connectivity index (χ3v) is 11.0. The van der Waals surface area contributed by atoms with Gasteiger partial charge in [-0.15, -0.1) is 0 Å². The molecule has 0 amide bonds. The van der Waals surface area contributed by atoms with Gasteiger partial charge >= 0.3 is 0 Å². The molecular weight excluding hydrogens is 697 g/mol. The average Bonchev–Trinajstić information content (AvgIpc) is 3.84. The lowest BCUT2D eigenvalue weighted by Crippen LogP contribution is -2.00. The van der Waals surface area contributed by atoms with E-state index in [0.29, 0.717) is 17.5 Å². The average molecular weight is 731 g/mol. The highest BCUT2D eigenvalue weighted by Crippen LogP contribution is 2.39. The van der Waals surface area contributed by atoms with Crippen molar-refractivity contribution in [1.29, 1.82) is 0 Å². The number of nitrogens with zero attached hydrogens (tertiary/aromatic N) is 4. The summed E-state index contributed by atoms with van der Waals surface area (Å²) in [5.41, 5.74) is 13.8. The van der Waals surface area contributed by atoms with Crippen molar-refractivity contribution in [1.82, 2.24) is 19.5 Å². The van der Waals surface area contributed by atoms with E-state index in [-0.39, 0.29) is 0 Å². The molecule has 0 N–H and O–H groups in total. The van der Waals surface area contributed by atoms with Crippen LogP contribution in [0, 0.1) is 6.92 Å². The van der Waals surface area contributed by atoms with Gasteiger partial charge in [0.25, 0.3) is 0 Å². The maximum atomic E-state index is 6.49. The zero-order valence-corrected chi connectivity index (χ0v) is 31.1. The lowest BCUT2D eigenvalue weighted by atomic mass is 10.0. The Balaban J connectivity index is 0.954. The van der Waals surface area contributed by atoms with Gasteiger partial charge in [-0.05, 0) is 59.5 Å². The summed E-state index contributed by atoms with van der Waals surface area (Å²) in [4.78, 5) is 14.7. The Hall–Kier alpha value is -7.63. The lowest BCUT2D eigenvalue weighted by Gasteiger charge is -2.10. The molecular formula is C52H34N4O. The van der Waals surface area contributed by atoms with Crippen molar-refractivity contribution in [2.45, 2.75) is 6.92 Å². The van der Waals surface area contributed by atoms with Crippen LogP contribution in [0.5, 0.6) is 0 Å². The number of aromatic nitrogens is 4. The first-order valence-electron chi connectivity index (χ1n) is 19.2. The van der Waals surface area contributed by atoms with Gasteiger partial charge in [0.05, 0.1) is 11.0 Å². The van der Waals surface area contributed by atoms with E-state index < -0.39 is 0 Å². The molecule has 0 bridgehead atoms. The Morgan fingerprint density at radius 1 is 0.368 bits per heavy atom. The van der Waals surface area contributed by atoms with E-state index in [1.165, 1.54) is 16.3 Å². The number of hydrogen-bond donors (Lipinski definition) is 0. The summed E-state index contributed by atoms with van der Waals surface area (Å²) in [6.45, 7) is 2.10. The molecule has 5 nitrogen and oxygen atoms in total. The van der Waals surface area contributed by atoms with Crippen molar-refractivity contribution in [3.8, 4) is 62.1 Å². The molecule has 57 heavy (non-hydrogen) atoms. The summed E-state index contributed by atoms with van der Waals surface area (Å²) in [6.07, 6.45) is 0. The second-order valence-electron chi connectivity index (χ2n) is 14.5. The first-order valence-corrected chi connectivity index (χ1v) is 19.2. The number of fused-ring (bicyclic) bond motifs is 6. The zero-order valence-electron chi connectivity index (χ0n) is 31.1. The smallest absolute Gasteiger partial charge is 0.164 e. The molecule has 0 fully saturated rings. The second-order valence-corrected chi connectivity index (χ2v) is 14.5. The van der Waals surface area contributed by atoms with Crippen LogP contribution in [-0.4, -0.2) is 19.5 Å². The molecule has 0 spiro atoms. The number of rotatable bonds is 6. The fourth-order valence-electron chi connectivity index (χ4n) is 8.16. The van der Waals surface area contributed by atoms with Crippen LogP contribution in [0.1, 0.15) is 5.56 Å². The lowest BCUT2D eigenvalue weighted by molar-refractivity contribution is 0.667. The molecule has 3 aromatic heterocycles. The first-order chi connectivity index (χ1) is 28.2. The SMILES string of the molecule is Cc1cccc2c1oc1c(-c3ccc(-n4c5ccccc5c5cc(-c6ccc(-c7nc(-c8ccccc8)nc(-c8ccccc8)n7)cc6)ccc54)cc3)cccc12. The highest BCUT2D eigenvalue weighted by atomic mass is 16.3. The van der Waals surface area contributed by atoms with E-state index in [2.05, 4.69) is 139 Å². The molecule has 268 valence electrons. The van der Waals surface area contributed by atoms with E-state index in [1.54, 1.807) is 0 Å². The minimum Gasteiger partial charge on any atom is -0.455 e. The Morgan fingerprint density at radius 3 is 1.56 bits per heavy atom. The number of furan rings is 1. The largest absolute Gasteiger partial charge is 0.455 e. The van der Waals surface area contributed by atoms with Gasteiger partial charge in [-0.1, -0.05) is 158 Å². The van der Waals surface area contributed by atoms with E-state index in [9.17, 15) is 0 Å². The third-order valence-electron chi connectivity index (χ3n) is 11.0. The van der Waals surface area contributed by atoms with Gasteiger partial charge < -0.3 is 8.98 Å². The predicted molar refractivity (Wildman–Crippen MR) is 233 cm³/mol. The van der Waals surface area contributed by atoms with Crippen LogP contribution in [0.3, 0.4) is 0 Å². The number of benzene rings is 8. The summed E-state index contributed by atoms with van der Waals surface area (Å²) in [7, 11) is 0. The third kappa shape index (κ3) is 5.59. The normalized spacial score (nSPS) is 11.6. The van der Waals surface area contributed by atoms with Crippen LogP contribution < -0.4 is 0 Å². The summed E-state index contributed by atoms with van der Waals surface area (Å²) < 4.78 is 8.85. The Labute approximate surface area is 329 Å². The van der Waals surface area contributed by atoms with Crippen molar-refractivity contribution >= 4 is 43.7 Å². The molecule has 0 aliphatic heterocycles. The molecule has 0 atom stereocenters. The van der Waals surface area contributed by atoms with Gasteiger partial charge in [0.15, 0.2) is 17.5 Å². The minimum atomic E-state index is 0.642. The van der Waals surface area contributed by atoms with E-state index in [1.807, 2.05) is 60.7 Å². The second kappa shape index (κ2) is 13.3. The molecule has 0 radical (unpaired) electrons. The topological polar surface area (TPSA) is 56.7 Å². The quantitative estimate of drug-likeness (QED) is 0.171. The standard InChI is InChI=1S/C52H34N4O/c1-33-12-10-19-43-44-20-11-18-41(49(44)57-48(33)43)35-26-29-40(30-27-35)56-46-21-9-8-17-42(46)45-32-39(28-31-47(45)56)34-22-24-38(25-23-34)52-54-50(36-13-4-2-5-14-36)53-51(55-52)37-15-6-3-7-16-37/h2-32H,1H3. The maximum absolute atomic E-state index is 6.49. The van der Waals surface area contributed by atoms with Crippen molar-refractivity contribution < 1.29 is 4.42 Å². The fourth-order valence-corrected chi connectivity index (χ4v) is 8.16. The minimum absolute atomic E-state index is 0.642. The van der Waals surface area contributed by atoms with Gasteiger partial charge in [-0.2, -0.15) is 0 Å². The maximum Gasteiger partial charge on any atom is 0.164 e. The zero-order chi connectivity index (χ0) is 37.9. The summed E-state index contributed by atoms with van der Waals surface area (Å²) in [6, 6.07) is 65.7. The molecule has 11 aromatic rings. The monoisotopic (exact) mass is 730 g/mol. The highest BCUT2D eigenvalue weighted by Gasteiger charge is 2.17. The van der Waals surface area contributed by atoms with Crippen molar-refractivity contribution in [2.24, 2.45) is 0 Å². The summed E-state index contributed by atoms with van der Waals surface area (Å²) in [5.74, 6) is 1.94. The molecule has 0 saturated carbocycles. The van der Waals surface area contributed by atoms with Gasteiger partial charge in [0.2, 0.25) is 0 Å². The molecule has 0 aliphatic carbocycles. The van der Waals surface area contributed by atoms with Gasteiger partial charge in [-0.3, -0.25) is 0 Å². The molecule has 0 aliphatic rings. The first kappa shape index (κ1) is 32.8. The van der Waals surface area contributed by atoms with Gasteiger partial charge in [-0.25, -0.2) is 15.0 Å². The van der Waals surface area contributed by atoms with Crippen molar-refractivity contribution in [3.63, 3.8) is 0 Å². The van der Waals surface area contributed by atoms with E-state index >= 15 is 0 Å². The van der Waals surface area contributed by atoms with Crippen LogP contribution >= 0.6 is 0 Å². The van der Waals surface area contributed by atoms with E-state index in [4.69, 9.17) is 19.4 Å². The van der Waals surface area contributed by atoms with Gasteiger partial charge in [0.1, 0.15) is 11.2 Å². The molecule has 5 heteroatoms. The number of aryl methyl sites for hydroxylation is 1. The van der Waals surface area contributed by atoms with Crippen molar-refractivity contribution in [3.05, 3.63) is 194 Å². The number of para-hydroxylation sites is 3. The van der Waals surface area contributed by atoms with Crippen LogP contribution in [-0.2, 0) is 0 Å². The Morgan fingerprint density at radius 2 is 0.877 bits per heavy atom. The van der Waals surface area contributed by atoms with Crippen LogP contribution in [0.15, 0.2) is 192 Å². The summed E-state index contributed by atoms with van der Waals surface area (Å²) in [5, 5.41) is 4.71. The highest BCUT2D eigenvalue weighted by molar-refractivity contribution is 6.11. The molecule has 11 rings (SSSR count). The van der Waals surface area contributed by atoms with Crippen LogP contribution in [0.4, 0.5) is 0 Å². The Bertz CT molecular complexity index is 3220. The van der Waals surface area contributed by atoms with Crippen molar-refractivity contribution in [2.75, 3.05) is 0 Å². The van der Waals surface area contributed by atoms with Crippen LogP contribution in [0.2, 0.25) is 0 Å². The number of hydrogen-bond acceptors (Lipinski definition) is 4. The van der Waals surface area contributed by atoms with E-state index in [0.717, 1.165) is 77.7 Å². The molecule has 3 heterocycles. The van der Waals surface area contributed by atoms with Crippen LogP contribution in [0.25, 0.3) is 106 Å². The Kier molecular flexibility index (Phi) is 7.64.